The van der Waals surface area contributed by atoms with Crippen molar-refractivity contribution < 1.29 is 0 Å². The topological polar surface area (TPSA) is 28.0 Å². The van der Waals surface area contributed by atoms with Gasteiger partial charge in [0.2, 0.25) is 0 Å². The highest BCUT2D eigenvalue weighted by Gasteiger charge is 2.51. The van der Waals surface area contributed by atoms with E-state index in [-0.39, 0.29) is 11.6 Å². The zero-order chi connectivity index (χ0) is 15.0. The van der Waals surface area contributed by atoms with Gasteiger partial charge in [-0.05, 0) is 23.8 Å². The van der Waals surface area contributed by atoms with Crippen LogP contribution >= 0.6 is 0 Å². The Kier molecular flexibility index (Phi) is 3.28. The van der Waals surface area contributed by atoms with Gasteiger partial charge in [0.1, 0.15) is 6.17 Å². The Morgan fingerprint density at radius 3 is 2.57 bits per heavy atom. The molecular formula is C18H21N3. The minimum Gasteiger partial charge on any atom is -0.354 e. The van der Waals surface area contributed by atoms with E-state index in [0.29, 0.717) is 5.92 Å². The smallest absolute Gasteiger partial charge is 0.148 e. The number of azo groups is 1. The lowest BCUT2D eigenvalue weighted by molar-refractivity contribution is 0.202. The van der Waals surface area contributed by atoms with Crippen LogP contribution in [-0.4, -0.2) is 18.1 Å². The van der Waals surface area contributed by atoms with Gasteiger partial charge < -0.3 is 4.90 Å². The number of hydrogen-bond acceptors (Lipinski definition) is 3. The van der Waals surface area contributed by atoms with Crippen LogP contribution in [0.2, 0.25) is 0 Å². The van der Waals surface area contributed by atoms with Gasteiger partial charge in [0.05, 0.1) is 5.69 Å². The fourth-order valence-corrected chi connectivity index (χ4v) is 3.46. The maximum absolute atomic E-state index is 4.63. The lowest BCUT2D eigenvalue weighted by Crippen LogP contribution is -2.33. The second-order valence-corrected chi connectivity index (χ2v) is 6.32. The van der Waals surface area contributed by atoms with Crippen molar-refractivity contribution in [3.63, 3.8) is 0 Å². The maximum Gasteiger partial charge on any atom is 0.148 e. The van der Waals surface area contributed by atoms with Crippen molar-refractivity contribution in [2.75, 3.05) is 7.05 Å². The summed E-state index contributed by atoms with van der Waals surface area (Å²) in [4.78, 5) is 2.23. The molecule has 0 amide bonds. The summed E-state index contributed by atoms with van der Waals surface area (Å²) in [5.74, 6) is 0.312. The number of fused-ring (bicyclic) bond motifs is 1. The Labute approximate surface area is 126 Å². The van der Waals surface area contributed by atoms with Gasteiger partial charge in [-0.15, -0.1) is 0 Å². The standard InChI is InChI=1S/C18H21N3/c1-13-9-8-12-15-16(13)18(2,3)17(21(15)4)20-19-14-10-6-5-7-11-14/h5-12,16-17H,1H2,2-4H3. The molecule has 2 aliphatic rings. The number of rotatable bonds is 2. The van der Waals surface area contributed by atoms with Crippen molar-refractivity contribution in [2.45, 2.75) is 20.0 Å². The molecule has 1 aromatic carbocycles. The summed E-state index contributed by atoms with van der Waals surface area (Å²) in [5, 5.41) is 9.05. The molecule has 1 fully saturated rings. The van der Waals surface area contributed by atoms with Crippen LogP contribution in [0.4, 0.5) is 5.69 Å². The largest absolute Gasteiger partial charge is 0.354 e. The second kappa shape index (κ2) is 4.99. The first kappa shape index (κ1) is 13.8. The van der Waals surface area contributed by atoms with E-state index in [1.165, 1.54) is 5.70 Å². The van der Waals surface area contributed by atoms with Crippen LogP contribution in [0.15, 0.2) is 76.6 Å². The van der Waals surface area contributed by atoms with Crippen LogP contribution in [0.5, 0.6) is 0 Å². The molecule has 1 saturated heterocycles. The fraction of sp³-hybridized carbons (Fsp3) is 0.333. The Balaban J connectivity index is 1.93. The van der Waals surface area contributed by atoms with Gasteiger partial charge in [-0.25, -0.2) is 0 Å². The third-order valence-corrected chi connectivity index (χ3v) is 4.47. The summed E-state index contributed by atoms with van der Waals surface area (Å²) in [6.45, 7) is 8.70. The molecule has 3 nitrogen and oxygen atoms in total. The summed E-state index contributed by atoms with van der Waals surface area (Å²) in [6, 6.07) is 9.88. The average molecular weight is 279 g/mol. The Morgan fingerprint density at radius 1 is 1.19 bits per heavy atom. The SMILES string of the molecule is C=C1C=CC=C2C1C(C)(C)C(N=Nc1ccccc1)N2C. The van der Waals surface area contributed by atoms with Crippen molar-refractivity contribution in [3.8, 4) is 0 Å². The van der Waals surface area contributed by atoms with Crippen LogP contribution in [0.25, 0.3) is 0 Å². The molecule has 108 valence electrons. The Hall–Kier alpha value is -2.16. The van der Waals surface area contributed by atoms with E-state index < -0.39 is 0 Å². The molecule has 1 aromatic rings. The molecule has 0 spiro atoms. The highest BCUT2D eigenvalue weighted by molar-refractivity contribution is 5.41. The van der Waals surface area contributed by atoms with E-state index in [4.69, 9.17) is 0 Å². The molecule has 21 heavy (non-hydrogen) atoms. The van der Waals surface area contributed by atoms with Crippen LogP contribution in [0.3, 0.4) is 0 Å². The monoisotopic (exact) mass is 279 g/mol. The summed E-state index contributed by atoms with van der Waals surface area (Å²) in [5.41, 5.74) is 3.30. The molecule has 1 heterocycles. The molecule has 3 heteroatoms. The maximum atomic E-state index is 4.63. The highest BCUT2D eigenvalue weighted by Crippen LogP contribution is 2.51. The van der Waals surface area contributed by atoms with E-state index >= 15 is 0 Å². The molecule has 3 rings (SSSR count). The zero-order valence-corrected chi connectivity index (χ0v) is 12.8. The molecule has 0 N–H and O–H groups in total. The predicted octanol–water partition coefficient (Wildman–Crippen LogP) is 4.69. The highest BCUT2D eigenvalue weighted by atomic mass is 15.3. The Bertz CT molecular complexity index is 638. The number of likely N-dealkylation sites (tertiary alicyclic amines) is 1. The predicted molar refractivity (Wildman–Crippen MR) is 86.1 cm³/mol. The van der Waals surface area contributed by atoms with E-state index in [2.05, 4.69) is 60.8 Å². The van der Waals surface area contributed by atoms with Crippen molar-refractivity contribution >= 4 is 5.69 Å². The van der Waals surface area contributed by atoms with Gasteiger partial charge in [0.15, 0.2) is 0 Å². The van der Waals surface area contributed by atoms with Gasteiger partial charge in [-0.3, -0.25) is 0 Å². The number of benzene rings is 1. The van der Waals surface area contributed by atoms with Crippen molar-refractivity contribution in [3.05, 3.63) is 66.4 Å². The van der Waals surface area contributed by atoms with Crippen LogP contribution in [0, 0.1) is 11.3 Å². The summed E-state index contributed by atoms with van der Waals surface area (Å²) in [6.07, 6.45) is 6.35. The summed E-state index contributed by atoms with van der Waals surface area (Å²) < 4.78 is 0. The van der Waals surface area contributed by atoms with Gasteiger partial charge in [-0.2, -0.15) is 10.2 Å². The van der Waals surface area contributed by atoms with Crippen molar-refractivity contribution in [1.82, 2.24) is 4.90 Å². The molecule has 0 saturated carbocycles. The summed E-state index contributed by atoms with van der Waals surface area (Å²) >= 11 is 0. The first-order valence-corrected chi connectivity index (χ1v) is 7.27. The first-order chi connectivity index (χ1) is 10.0. The first-order valence-electron chi connectivity index (χ1n) is 7.27. The molecule has 1 aliphatic heterocycles. The van der Waals surface area contributed by atoms with Gasteiger partial charge in [-0.1, -0.05) is 50.8 Å². The number of allylic oxidation sites excluding steroid dienone is 4. The normalized spacial score (nSPS) is 27.1. The zero-order valence-electron chi connectivity index (χ0n) is 12.8. The Morgan fingerprint density at radius 2 is 1.90 bits per heavy atom. The van der Waals surface area contributed by atoms with Crippen molar-refractivity contribution in [2.24, 2.45) is 21.6 Å². The quantitative estimate of drug-likeness (QED) is 0.721. The second-order valence-electron chi connectivity index (χ2n) is 6.32. The van der Waals surface area contributed by atoms with E-state index in [1.807, 2.05) is 30.3 Å². The van der Waals surface area contributed by atoms with E-state index in [1.54, 1.807) is 0 Å². The van der Waals surface area contributed by atoms with Crippen molar-refractivity contribution in [1.29, 1.82) is 0 Å². The summed E-state index contributed by atoms with van der Waals surface area (Å²) in [7, 11) is 2.09. The molecule has 2 unspecified atom stereocenters. The third kappa shape index (κ3) is 2.23. The van der Waals surface area contributed by atoms with Gasteiger partial charge >= 0.3 is 0 Å². The minimum atomic E-state index is -0.0271. The van der Waals surface area contributed by atoms with Gasteiger partial charge in [0.25, 0.3) is 0 Å². The van der Waals surface area contributed by atoms with Crippen LogP contribution < -0.4 is 0 Å². The molecule has 1 aliphatic carbocycles. The number of hydrogen-bond donors (Lipinski definition) is 0. The average Bonchev–Trinajstić information content (AvgIpc) is 2.66. The lowest BCUT2D eigenvalue weighted by Gasteiger charge is -2.30. The fourth-order valence-electron chi connectivity index (χ4n) is 3.46. The molecule has 2 atom stereocenters. The molecule has 0 radical (unpaired) electrons. The van der Waals surface area contributed by atoms with E-state index in [9.17, 15) is 0 Å². The molecule has 0 bridgehead atoms. The van der Waals surface area contributed by atoms with Gasteiger partial charge in [0, 0.05) is 24.1 Å². The van der Waals surface area contributed by atoms with Crippen LogP contribution in [-0.2, 0) is 0 Å². The minimum absolute atomic E-state index is 0.0191. The molecular weight excluding hydrogens is 258 g/mol. The molecule has 0 aromatic heterocycles. The third-order valence-electron chi connectivity index (χ3n) is 4.47. The van der Waals surface area contributed by atoms with Crippen LogP contribution in [0.1, 0.15) is 13.8 Å². The lowest BCUT2D eigenvalue weighted by atomic mass is 9.73. The number of nitrogens with zero attached hydrogens (tertiary/aromatic N) is 3. The van der Waals surface area contributed by atoms with E-state index in [0.717, 1.165) is 11.3 Å².